The van der Waals surface area contributed by atoms with Crippen molar-refractivity contribution in [3.63, 3.8) is 0 Å². The van der Waals surface area contributed by atoms with Crippen molar-refractivity contribution in [2.45, 2.75) is 38.6 Å². The molecule has 110 valence electrons. The van der Waals surface area contributed by atoms with E-state index in [9.17, 15) is 4.79 Å². The molecule has 0 aromatic heterocycles. The maximum atomic E-state index is 12.0. The van der Waals surface area contributed by atoms with E-state index in [4.69, 9.17) is 0 Å². The Bertz CT molecular complexity index is 450. The smallest absolute Gasteiger partial charge is 0.251 e. The molecule has 3 nitrogen and oxygen atoms in total. The standard InChI is InChI=1S/C16H23BrN2O/c1-2-15-8-3-4-10-19(15)11-9-18-16(20)13-6-5-7-14(17)12-13/h5-7,12,15H,2-4,8-11H2,1H3,(H,18,20). The molecule has 0 saturated carbocycles. The number of benzene rings is 1. The van der Waals surface area contributed by atoms with Gasteiger partial charge < -0.3 is 5.32 Å². The third-order valence-corrected chi connectivity index (χ3v) is 4.48. The summed E-state index contributed by atoms with van der Waals surface area (Å²) in [6, 6.07) is 8.21. The largest absolute Gasteiger partial charge is 0.351 e. The molecule has 1 N–H and O–H groups in total. The number of rotatable bonds is 5. The molecule has 1 atom stereocenters. The number of hydrogen-bond donors (Lipinski definition) is 1. The van der Waals surface area contributed by atoms with Gasteiger partial charge in [-0.2, -0.15) is 0 Å². The molecule has 1 fully saturated rings. The van der Waals surface area contributed by atoms with Crippen LogP contribution < -0.4 is 5.32 Å². The molecule has 1 aromatic rings. The number of likely N-dealkylation sites (tertiary alicyclic amines) is 1. The molecule has 0 aliphatic carbocycles. The van der Waals surface area contributed by atoms with Gasteiger partial charge in [-0.05, 0) is 44.0 Å². The molecule has 1 amide bonds. The van der Waals surface area contributed by atoms with E-state index in [1.165, 1.54) is 32.2 Å². The van der Waals surface area contributed by atoms with E-state index >= 15 is 0 Å². The molecule has 1 aliphatic rings. The second-order valence-corrected chi connectivity index (χ2v) is 6.28. The Balaban J connectivity index is 1.79. The van der Waals surface area contributed by atoms with E-state index in [0.29, 0.717) is 11.6 Å². The minimum atomic E-state index is 0.0105. The highest BCUT2D eigenvalue weighted by Gasteiger charge is 2.20. The second-order valence-electron chi connectivity index (χ2n) is 5.36. The van der Waals surface area contributed by atoms with Gasteiger partial charge in [0.2, 0.25) is 0 Å². The van der Waals surface area contributed by atoms with Crippen molar-refractivity contribution < 1.29 is 4.79 Å². The van der Waals surface area contributed by atoms with Gasteiger partial charge in [-0.25, -0.2) is 0 Å². The van der Waals surface area contributed by atoms with Crippen LogP contribution in [0.25, 0.3) is 0 Å². The van der Waals surface area contributed by atoms with E-state index in [1.807, 2.05) is 24.3 Å². The number of amides is 1. The fraction of sp³-hybridized carbons (Fsp3) is 0.562. The summed E-state index contributed by atoms with van der Waals surface area (Å²) in [7, 11) is 0. The Morgan fingerprint density at radius 3 is 3.05 bits per heavy atom. The molecule has 0 spiro atoms. The summed E-state index contributed by atoms with van der Waals surface area (Å²) >= 11 is 3.39. The molecule has 0 radical (unpaired) electrons. The Kier molecular flexibility index (Phi) is 6.05. The van der Waals surface area contributed by atoms with Crippen molar-refractivity contribution in [2.24, 2.45) is 0 Å². The second kappa shape index (κ2) is 7.79. The summed E-state index contributed by atoms with van der Waals surface area (Å²) in [4.78, 5) is 14.6. The molecule has 1 unspecified atom stereocenters. The summed E-state index contributed by atoms with van der Waals surface area (Å²) in [5.41, 5.74) is 0.713. The molecule has 1 aromatic carbocycles. The van der Waals surface area contributed by atoms with Crippen LogP contribution in [-0.4, -0.2) is 36.5 Å². The van der Waals surface area contributed by atoms with Crippen molar-refractivity contribution in [2.75, 3.05) is 19.6 Å². The zero-order valence-electron chi connectivity index (χ0n) is 12.1. The van der Waals surface area contributed by atoms with Gasteiger partial charge in [0, 0.05) is 29.2 Å². The van der Waals surface area contributed by atoms with Crippen molar-refractivity contribution in [1.82, 2.24) is 10.2 Å². The van der Waals surface area contributed by atoms with Crippen LogP contribution in [0.15, 0.2) is 28.7 Å². The Hall–Kier alpha value is -0.870. The van der Waals surface area contributed by atoms with Gasteiger partial charge >= 0.3 is 0 Å². The molecular formula is C16H23BrN2O. The van der Waals surface area contributed by atoms with E-state index < -0.39 is 0 Å². The lowest BCUT2D eigenvalue weighted by molar-refractivity contribution is 0.0934. The highest BCUT2D eigenvalue weighted by atomic mass is 79.9. The van der Waals surface area contributed by atoms with Gasteiger partial charge in [-0.15, -0.1) is 0 Å². The maximum Gasteiger partial charge on any atom is 0.251 e. The normalized spacial score (nSPS) is 19.8. The number of carbonyl (C=O) groups excluding carboxylic acids is 1. The van der Waals surface area contributed by atoms with Crippen molar-refractivity contribution >= 4 is 21.8 Å². The minimum absolute atomic E-state index is 0.0105. The molecule has 2 rings (SSSR count). The van der Waals surface area contributed by atoms with Gasteiger partial charge in [-0.3, -0.25) is 9.69 Å². The Morgan fingerprint density at radius 2 is 2.30 bits per heavy atom. The summed E-state index contributed by atoms with van der Waals surface area (Å²) in [5, 5.41) is 3.02. The highest BCUT2D eigenvalue weighted by Crippen LogP contribution is 2.18. The third-order valence-electron chi connectivity index (χ3n) is 3.99. The summed E-state index contributed by atoms with van der Waals surface area (Å²) < 4.78 is 0.937. The average molecular weight is 339 g/mol. The van der Waals surface area contributed by atoms with Crippen LogP contribution in [0.5, 0.6) is 0 Å². The van der Waals surface area contributed by atoms with Gasteiger partial charge in [0.05, 0.1) is 0 Å². The zero-order chi connectivity index (χ0) is 14.4. The van der Waals surface area contributed by atoms with E-state index in [2.05, 4.69) is 33.1 Å². The predicted molar refractivity (Wildman–Crippen MR) is 86.0 cm³/mol. The number of nitrogens with zero attached hydrogens (tertiary/aromatic N) is 1. The lowest BCUT2D eigenvalue weighted by Crippen LogP contribution is -2.43. The van der Waals surface area contributed by atoms with Crippen LogP contribution in [0.1, 0.15) is 43.0 Å². The molecule has 1 saturated heterocycles. The Morgan fingerprint density at radius 1 is 1.45 bits per heavy atom. The van der Waals surface area contributed by atoms with Gasteiger partial charge in [-0.1, -0.05) is 35.3 Å². The lowest BCUT2D eigenvalue weighted by Gasteiger charge is -2.35. The first kappa shape index (κ1) is 15.5. The van der Waals surface area contributed by atoms with Crippen LogP contribution in [0.4, 0.5) is 0 Å². The topological polar surface area (TPSA) is 32.3 Å². The van der Waals surface area contributed by atoms with Crippen LogP contribution in [0.2, 0.25) is 0 Å². The van der Waals surface area contributed by atoms with E-state index in [0.717, 1.165) is 17.6 Å². The summed E-state index contributed by atoms with van der Waals surface area (Å²) in [5.74, 6) is 0.0105. The first-order chi connectivity index (χ1) is 9.70. The molecule has 1 aliphatic heterocycles. The first-order valence-electron chi connectivity index (χ1n) is 7.48. The number of hydrogen-bond acceptors (Lipinski definition) is 2. The van der Waals surface area contributed by atoms with Crippen LogP contribution in [0.3, 0.4) is 0 Å². The Labute approximate surface area is 129 Å². The van der Waals surface area contributed by atoms with Crippen molar-refractivity contribution in [1.29, 1.82) is 0 Å². The number of carbonyl (C=O) groups is 1. The first-order valence-corrected chi connectivity index (χ1v) is 8.28. The molecular weight excluding hydrogens is 316 g/mol. The molecule has 1 heterocycles. The molecule has 0 bridgehead atoms. The van der Waals surface area contributed by atoms with Crippen LogP contribution in [0, 0.1) is 0 Å². The van der Waals surface area contributed by atoms with Gasteiger partial charge in [0.15, 0.2) is 0 Å². The minimum Gasteiger partial charge on any atom is -0.351 e. The number of piperidine rings is 1. The fourth-order valence-electron chi connectivity index (χ4n) is 2.86. The van der Waals surface area contributed by atoms with Crippen LogP contribution in [-0.2, 0) is 0 Å². The fourth-order valence-corrected chi connectivity index (χ4v) is 3.26. The zero-order valence-corrected chi connectivity index (χ0v) is 13.7. The number of halogens is 1. The molecule has 20 heavy (non-hydrogen) atoms. The van der Waals surface area contributed by atoms with Crippen LogP contribution >= 0.6 is 15.9 Å². The average Bonchev–Trinajstić information content (AvgIpc) is 2.47. The highest BCUT2D eigenvalue weighted by molar-refractivity contribution is 9.10. The van der Waals surface area contributed by atoms with Crippen molar-refractivity contribution in [3.05, 3.63) is 34.3 Å². The lowest BCUT2D eigenvalue weighted by atomic mass is 10.0. The number of nitrogens with one attached hydrogen (secondary N) is 1. The summed E-state index contributed by atoms with van der Waals surface area (Å²) in [6.07, 6.45) is 5.14. The van der Waals surface area contributed by atoms with E-state index in [-0.39, 0.29) is 5.91 Å². The quantitative estimate of drug-likeness (QED) is 0.891. The monoisotopic (exact) mass is 338 g/mol. The van der Waals surface area contributed by atoms with Gasteiger partial charge in [0.1, 0.15) is 0 Å². The predicted octanol–water partition coefficient (Wildman–Crippen LogP) is 3.44. The van der Waals surface area contributed by atoms with Gasteiger partial charge in [0.25, 0.3) is 5.91 Å². The summed E-state index contributed by atoms with van der Waals surface area (Å²) in [6.45, 7) is 5.11. The molecule has 4 heteroatoms. The van der Waals surface area contributed by atoms with E-state index in [1.54, 1.807) is 0 Å². The SMILES string of the molecule is CCC1CCCCN1CCNC(=O)c1cccc(Br)c1. The maximum absolute atomic E-state index is 12.0. The third kappa shape index (κ3) is 4.32. The van der Waals surface area contributed by atoms with Crippen molar-refractivity contribution in [3.8, 4) is 0 Å².